The standard InChI is InChI=1S/C16H21NO2S2/c1-16(2,3)19-12-15(18)17(10-13-6-4-8-20-13)11-14-7-5-9-21-14/h4-9H,10-12H2,1-3H3. The van der Waals surface area contributed by atoms with Crippen molar-refractivity contribution in [2.45, 2.75) is 39.5 Å². The Balaban J connectivity index is 2.01. The van der Waals surface area contributed by atoms with Gasteiger partial charge in [-0.15, -0.1) is 22.7 Å². The van der Waals surface area contributed by atoms with Gasteiger partial charge in [-0.2, -0.15) is 0 Å². The second-order valence-corrected chi connectivity index (χ2v) is 7.87. The van der Waals surface area contributed by atoms with E-state index in [2.05, 4.69) is 12.1 Å². The third-order valence-electron chi connectivity index (χ3n) is 2.83. The summed E-state index contributed by atoms with van der Waals surface area (Å²) in [5.41, 5.74) is -0.298. The van der Waals surface area contributed by atoms with Crippen molar-refractivity contribution >= 4 is 28.6 Å². The number of amides is 1. The molecule has 0 aliphatic heterocycles. The molecule has 2 rings (SSSR count). The van der Waals surface area contributed by atoms with Crippen molar-refractivity contribution in [2.24, 2.45) is 0 Å². The van der Waals surface area contributed by atoms with E-state index in [1.54, 1.807) is 22.7 Å². The maximum atomic E-state index is 12.5. The van der Waals surface area contributed by atoms with E-state index in [9.17, 15) is 4.79 Å². The molecule has 0 spiro atoms. The summed E-state index contributed by atoms with van der Waals surface area (Å²) in [5, 5.41) is 4.07. The first-order valence-corrected chi connectivity index (χ1v) is 8.66. The molecule has 21 heavy (non-hydrogen) atoms. The van der Waals surface area contributed by atoms with E-state index >= 15 is 0 Å². The highest BCUT2D eigenvalue weighted by Gasteiger charge is 2.19. The van der Waals surface area contributed by atoms with E-state index in [1.807, 2.05) is 48.6 Å². The fraction of sp³-hybridized carbons (Fsp3) is 0.438. The molecule has 0 saturated heterocycles. The summed E-state index contributed by atoms with van der Waals surface area (Å²) >= 11 is 3.35. The zero-order valence-electron chi connectivity index (χ0n) is 12.7. The van der Waals surface area contributed by atoms with E-state index in [0.29, 0.717) is 13.1 Å². The number of hydrogen-bond acceptors (Lipinski definition) is 4. The summed E-state index contributed by atoms with van der Waals surface area (Å²) < 4.78 is 5.63. The number of thiophene rings is 2. The minimum Gasteiger partial charge on any atom is -0.366 e. The van der Waals surface area contributed by atoms with E-state index in [1.165, 1.54) is 9.75 Å². The van der Waals surface area contributed by atoms with Gasteiger partial charge in [-0.25, -0.2) is 0 Å². The van der Waals surface area contributed by atoms with Gasteiger partial charge in [0.05, 0.1) is 18.7 Å². The number of carbonyl (C=O) groups is 1. The van der Waals surface area contributed by atoms with Crippen LogP contribution < -0.4 is 0 Å². The summed E-state index contributed by atoms with van der Waals surface area (Å²) in [6.45, 7) is 7.29. The third kappa shape index (κ3) is 5.61. The number of ether oxygens (including phenoxy) is 1. The van der Waals surface area contributed by atoms with Crippen molar-refractivity contribution < 1.29 is 9.53 Å². The number of carbonyl (C=O) groups excluding carboxylic acids is 1. The van der Waals surface area contributed by atoms with Crippen LogP contribution in [0.4, 0.5) is 0 Å². The van der Waals surface area contributed by atoms with Crippen LogP contribution in [0.5, 0.6) is 0 Å². The summed E-state index contributed by atoms with van der Waals surface area (Å²) in [7, 11) is 0. The molecule has 0 aromatic carbocycles. The lowest BCUT2D eigenvalue weighted by Crippen LogP contribution is -2.35. The number of nitrogens with zero attached hydrogens (tertiary/aromatic N) is 1. The molecule has 1 amide bonds. The summed E-state index contributed by atoms with van der Waals surface area (Å²) in [6.07, 6.45) is 0. The second-order valence-electron chi connectivity index (χ2n) is 5.81. The normalized spacial score (nSPS) is 11.6. The molecular weight excluding hydrogens is 302 g/mol. The van der Waals surface area contributed by atoms with Crippen LogP contribution in [0.2, 0.25) is 0 Å². The first kappa shape index (κ1) is 16.2. The van der Waals surface area contributed by atoms with Crippen LogP contribution in [0, 0.1) is 0 Å². The minimum atomic E-state index is -0.298. The Morgan fingerprint density at radius 2 is 1.62 bits per heavy atom. The Kier molecular flexibility index (Phi) is 5.56. The van der Waals surface area contributed by atoms with Gasteiger partial charge in [0.25, 0.3) is 0 Å². The molecule has 0 saturated carbocycles. The summed E-state index contributed by atoms with van der Waals surface area (Å²) in [6, 6.07) is 8.15. The molecule has 0 unspecified atom stereocenters. The van der Waals surface area contributed by atoms with Gasteiger partial charge in [0, 0.05) is 9.75 Å². The van der Waals surface area contributed by atoms with Gasteiger partial charge in [-0.3, -0.25) is 4.79 Å². The predicted molar refractivity (Wildman–Crippen MR) is 88.6 cm³/mol. The van der Waals surface area contributed by atoms with Crippen LogP contribution in [-0.4, -0.2) is 23.0 Å². The average Bonchev–Trinajstić information content (AvgIpc) is 3.07. The van der Waals surface area contributed by atoms with Crippen LogP contribution in [0.3, 0.4) is 0 Å². The molecule has 2 aromatic heterocycles. The molecule has 2 heterocycles. The summed E-state index contributed by atoms with van der Waals surface area (Å²) in [5.74, 6) is 0.0340. The Labute approximate surface area is 134 Å². The Morgan fingerprint density at radius 1 is 1.10 bits per heavy atom. The molecule has 114 valence electrons. The minimum absolute atomic E-state index is 0.0340. The van der Waals surface area contributed by atoms with Crippen molar-refractivity contribution in [3.05, 3.63) is 44.8 Å². The van der Waals surface area contributed by atoms with E-state index in [4.69, 9.17) is 4.74 Å². The maximum Gasteiger partial charge on any atom is 0.249 e. The van der Waals surface area contributed by atoms with Crippen LogP contribution in [0.15, 0.2) is 35.0 Å². The average molecular weight is 323 g/mol. The van der Waals surface area contributed by atoms with Crippen molar-refractivity contribution in [1.29, 1.82) is 0 Å². The second kappa shape index (κ2) is 7.20. The first-order valence-electron chi connectivity index (χ1n) is 6.90. The zero-order chi connectivity index (χ0) is 15.3. The van der Waals surface area contributed by atoms with Crippen LogP contribution >= 0.6 is 22.7 Å². The first-order chi connectivity index (χ1) is 9.94. The van der Waals surface area contributed by atoms with Crippen molar-refractivity contribution in [3.8, 4) is 0 Å². The fourth-order valence-corrected chi connectivity index (χ4v) is 3.22. The highest BCUT2D eigenvalue weighted by molar-refractivity contribution is 7.10. The van der Waals surface area contributed by atoms with Crippen molar-refractivity contribution in [3.63, 3.8) is 0 Å². The molecule has 3 nitrogen and oxygen atoms in total. The summed E-state index contributed by atoms with van der Waals surface area (Å²) in [4.78, 5) is 16.7. The lowest BCUT2D eigenvalue weighted by molar-refractivity contribution is -0.142. The topological polar surface area (TPSA) is 29.5 Å². The molecule has 0 N–H and O–H groups in total. The van der Waals surface area contributed by atoms with Gasteiger partial charge in [0.1, 0.15) is 6.61 Å². The van der Waals surface area contributed by atoms with Crippen molar-refractivity contribution in [2.75, 3.05) is 6.61 Å². The smallest absolute Gasteiger partial charge is 0.249 e. The fourth-order valence-electron chi connectivity index (χ4n) is 1.78. The Morgan fingerprint density at radius 3 is 2.00 bits per heavy atom. The molecule has 5 heteroatoms. The van der Waals surface area contributed by atoms with Crippen molar-refractivity contribution in [1.82, 2.24) is 4.90 Å². The SMILES string of the molecule is CC(C)(C)OCC(=O)N(Cc1cccs1)Cc1cccs1. The predicted octanol–water partition coefficient (Wildman–Crippen LogP) is 4.15. The lowest BCUT2D eigenvalue weighted by Gasteiger charge is -2.25. The van der Waals surface area contributed by atoms with Crippen LogP contribution in [0.25, 0.3) is 0 Å². The molecule has 0 bridgehead atoms. The third-order valence-corrected chi connectivity index (χ3v) is 4.56. The van der Waals surface area contributed by atoms with Gasteiger partial charge < -0.3 is 9.64 Å². The quantitative estimate of drug-likeness (QED) is 0.799. The zero-order valence-corrected chi connectivity index (χ0v) is 14.3. The van der Waals surface area contributed by atoms with Gasteiger partial charge in [0.2, 0.25) is 5.91 Å². The molecule has 0 aliphatic carbocycles. The van der Waals surface area contributed by atoms with E-state index < -0.39 is 0 Å². The molecule has 0 atom stereocenters. The molecule has 0 fully saturated rings. The molecule has 0 aliphatic rings. The van der Waals surface area contributed by atoms with E-state index in [0.717, 1.165) is 0 Å². The highest BCUT2D eigenvalue weighted by Crippen LogP contribution is 2.18. The molecule has 2 aromatic rings. The van der Waals surface area contributed by atoms with E-state index in [-0.39, 0.29) is 18.1 Å². The Bertz CT molecular complexity index is 505. The largest absolute Gasteiger partial charge is 0.366 e. The van der Waals surface area contributed by atoms with Gasteiger partial charge in [-0.05, 0) is 43.7 Å². The maximum absolute atomic E-state index is 12.5. The van der Waals surface area contributed by atoms with Gasteiger partial charge in [-0.1, -0.05) is 12.1 Å². The molecule has 0 radical (unpaired) electrons. The number of hydrogen-bond donors (Lipinski definition) is 0. The van der Waals surface area contributed by atoms with Gasteiger partial charge in [0.15, 0.2) is 0 Å². The monoisotopic (exact) mass is 323 g/mol. The number of rotatable bonds is 6. The lowest BCUT2D eigenvalue weighted by atomic mass is 10.2. The highest BCUT2D eigenvalue weighted by atomic mass is 32.1. The molecular formula is C16H21NO2S2. The Hall–Kier alpha value is -1.17. The van der Waals surface area contributed by atoms with Crippen LogP contribution in [-0.2, 0) is 22.6 Å². The van der Waals surface area contributed by atoms with Gasteiger partial charge >= 0.3 is 0 Å². The van der Waals surface area contributed by atoms with Crippen LogP contribution in [0.1, 0.15) is 30.5 Å².